The van der Waals surface area contributed by atoms with Gasteiger partial charge in [-0.15, -0.1) is 0 Å². The Labute approximate surface area is 26.6 Å². The Morgan fingerprint density at radius 2 is 2.25 bits per heavy atom. The van der Waals surface area contributed by atoms with Crippen LogP contribution in [-0.2, 0) is 0 Å². The molecule has 0 aliphatic rings. The highest BCUT2D eigenvalue weighted by atomic mass is 15.1. The van der Waals surface area contributed by atoms with Crippen LogP contribution in [0.25, 0.3) is 0 Å². The molecule has 3 N–H and O–H groups in total. The highest BCUT2D eigenvalue weighted by Gasteiger charge is 1.57. The van der Waals surface area contributed by atoms with E-state index in [4.69, 9.17) is 5.84 Å². The fourth-order valence-electron chi connectivity index (χ4n) is 0. The highest BCUT2D eigenvalue weighted by Crippen LogP contribution is 1.25. The third-order valence-electron chi connectivity index (χ3n) is 0.167. The molecule has 4 heavy (non-hydrogen) atoms. The maximum Gasteiger partial charge on any atom is 0.221 e. The Balaban J connectivity index is 1.97. The van der Waals surface area contributed by atoms with Gasteiger partial charge in [0.25, 0.3) is 0 Å². The van der Waals surface area contributed by atoms with Gasteiger partial charge in [-0.1, -0.05) is 6.82 Å². The lowest BCUT2D eigenvalue weighted by molar-refractivity contribution is 1.08. The van der Waals surface area contributed by atoms with Crippen LogP contribution < -0.4 is 11.2 Å². The second kappa shape index (κ2) is 2.98. The van der Waals surface area contributed by atoms with Crippen molar-refractivity contribution in [3.8, 4) is 0 Å². The van der Waals surface area contributed by atoms with Crippen molar-refractivity contribution in [1.82, 2.24) is 5.34 Å². The number of rotatable bonds is 1. The van der Waals surface area contributed by atoms with Crippen LogP contribution in [0.5, 0.6) is 0 Å². The minimum absolute atomic E-state index is 1.65. The average Bonchev–Trinajstić information content (AvgIpc) is 1.37. The van der Waals surface area contributed by atoms with Crippen molar-refractivity contribution in [2.75, 3.05) is 0 Å². The van der Waals surface area contributed by atoms with E-state index in [1.54, 1.807) is 7.41 Å². The van der Waals surface area contributed by atoms with E-state index in [2.05, 4.69) is 5.34 Å². The normalized spacial score (nSPS) is 6.50. The molecular weight excluding hydrogens is 50.8 g/mol. The summed E-state index contributed by atoms with van der Waals surface area (Å²) in [6, 6.07) is 0. The minimum atomic E-state index is 1.65. The summed E-state index contributed by atoms with van der Waals surface area (Å²) < 4.78 is 0. The number of hydrogen-bond acceptors (Lipinski definition) is 2. The zero-order valence-corrected chi connectivity index (χ0v) is 2.65. The van der Waals surface area contributed by atoms with E-state index in [1.807, 2.05) is 6.82 Å². The third kappa shape index (κ3) is 1.98. The summed E-state index contributed by atoms with van der Waals surface area (Å²) in [5.41, 5.74) is 0. The Morgan fingerprint density at radius 3 is 2.25 bits per heavy atom. The van der Waals surface area contributed by atoms with E-state index < -0.39 is 0 Å². The molecule has 0 saturated carbocycles. The summed E-state index contributed by atoms with van der Waals surface area (Å²) in [5, 5.41) is 2.31. The predicted octanol–water partition coefficient (Wildman–Crippen LogP) is -0.883. The topological polar surface area (TPSA) is 38.0 Å². The Kier molecular flexibility index (Phi) is 2.97. The van der Waals surface area contributed by atoms with E-state index in [0.717, 1.165) is 0 Å². The fourth-order valence-corrected chi connectivity index (χ4v) is 0. The molecule has 0 atom stereocenters. The van der Waals surface area contributed by atoms with Gasteiger partial charge in [0, 0.05) is 0 Å². The molecule has 1 radical (unpaired) electrons. The highest BCUT2D eigenvalue weighted by molar-refractivity contribution is 6.29. The van der Waals surface area contributed by atoms with Crippen LogP contribution in [0.2, 0.25) is 6.82 Å². The first-order valence-corrected chi connectivity index (χ1v) is 1.15. The molecule has 0 aliphatic heterocycles. The molecule has 0 aromatic carbocycles. The zero-order valence-electron chi connectivity index (χ0n) is 2.65. The van der Waals surface area contributed by atoms with Crippen molar-refractivity contribution < 1.29 is 0 Å². The van der Waals surface area contributed by atoms with E-state index in [1.165, 1.54) is 0 Å². The molecule has 0 heterocycles. The summed E-state index contributed by atoms with van der Waals surface area (Å²) in [6.07, 6.45) is 0. The molecule has 2 nitrogen and oxygen atoms in total. The van der Waals surface area contributed by atoms with E-state index in [0.29, 0.717) is 0 Å². The van der Waals surface area contributed by atoms with Crippen LogP contribution in [0, 0.1) is 0 Å². The number of hydrogen-bond donors (Lipinski definition) is 2. The standard InChI is InChI=1S/CH6BN2/c1-2-4-3/h4H,3H2,1H3. The molecule has 0 saturated heterocycles. The summed E-state index contributed by atoms with van der Waals surface area (Å²) >= 11 is 0. The lowest BCUT2D eigenvalue weighted by Crippen LogP contribution is -2.23. The van der Waals surface area contributed by atoms with Gasteiger partial charge in [-0.05, 0) is 0 Å². The maximum absolute atomic E-state index is 4.72. The summed E-state index contributed by atoms with van der Waals surface area (Å²) in [4.78, 5) is 0. The molecule has 0 rings (SSSR count). The maximum atomic E-state index is 4.72. The summed E-state index contributed by atoms with van der Waals surface area (Å²) in [6.45, 7) is 1.82. The first-order valence-electron chi connectivity index (χ1n) is 1.15. The molecular formula is CH6BN2. The molecule has 0 aromatic heterocycles. The van der Waals surface area contributed by atoms with Gasteiger partial charge in [0.1, 0.15) is 0 Å². The first kappa shape index (κ1) is 3.98. The Bertz CT molecular complexity index is 8.00. The second-order valence-corrected chi connectivity index (χ2v) is 0.455. The van der Waals surface area contributed by atoms with Gasteiger partial charge in [0.15, 0.2) is 0 Å². The number of hydrazine groups is 1. The quantitative estimate of drug-likeness (QED) is 0.233. The van der Waals surface area contributed by atoms with Gasteiger partial charge in [0.05, 0.1) is 0 Å². The SMILES string of the molecule is C[B]NN. The molecule has 0 amide bonds. The van der Waals surface area contributed by atoms with Crippen LogP contribution >= 0.6 is 0 Å². The molecule has 3 heteroatoms. The van der Waals surface area contributed by atoms with Crippen molar-refractivity contribution in [2.24, 2.45) is 5.84 Å². The van der Waals surface area contributed by atoms with Gasteiger partial charge in [-0.2, -0.15) is 0 Å². The largest absolute Gasteiger partial charge is 0.306 e. The van der Waals surface area contributed by atoms with Gasteiger partial charge >= 0.3 is 0 Å². The van der Waals surface area contributed by atoms with Crippen LogP contribution in [0.1, 0.15) is 0 Å². The van der Waals surface area contributed by atoms with Gasteiger partial charge in [-0.3, -0.25) is 5.84 Å². The van der Waals surface area contributed by atoms with Crippen molar-refractivity contribution in [3.05, 3.63) is 0 Å². The molecule has 0 bridgehead atoms. The zero-order chi connectivity index (χ0) is 3.41. The molecule has 23 valence electrons. The van der Waals surface area contributed by atoms with Crippen LogP contribution in [0.3, 0.4) is 0 Å². The van der Waals surface area contributed by atoms with E-state index in [-0.39, 0.29) is 0 Å². The van der Waals surface area contributed by atoms with Crippen molar-refractivity contribution in [3.63, 3.8) is 0 Å². The van der Waals surface area contributed by atoms with Gasteiger partial charge < -0.3 is 5.34 Å². The van der Waals surface area contributed by atoms with Gasteiger partial charge in [0.2, 0.25) is 7.41 Å². The van der Waals surface area contributed by atoms with Gasteiger partial charge in [-0.25, -0.2) is 0 Å². The van der Waals surface area contributed by atoms with Crippen LogP contribution in [0.4, 0.5) is 0 Å². The lowest BCUT2D eigenvalue weighted by Gasteiger charge is -1.73. The first-order chi connectivity index (χ1) is 1.91. The Morgan fingerprint density at radius 1 is 2.00 bits per heavy atom. The smallest absolute Gasteiger partial charge is 0.221 e. The summed E-state index contributed by atoms with van der Waals surface area (Å²) in [5.74, 6) is 4.72. The predicted molar refractivity (Wildman–Crippen MR) is 18.9 cm³/mol. The minimum Gasteiger partial charge on any atom is -0.306 e. The number of nitrogens with one attached hydrogen (secondary N) is 1. The lowest BCUT2D eigenvalue weighted by atomic mass is 10.0. The van der Waals surface area contributed by atoms with E-state index in [9.17, 15) is 0 Å². The fraction of sp³-hybridized carbons (Fsp3) is 1.00. The number of nitrogens with two attached hydrogens (primary N) is 1. The summed E-state index contributed by atoms with van der Waals surface area (Å²) in [7, 11) is 1.65. The van der Waals surface area contributed by atoms with Crippen molar-refractivity contribution in [2.45, 2.75) is 6.82 Å². The second-order valence-electron chi connectivity index (χ2n) is 0.455. The monoisotopic (exact) mass is 57.1 g/mol. The molecule has 0 aliphatic carbocycles. The van der Waals surface area contributed by atoms with Crippen LogP contribution in [-0.4, -0.2) is 7.41 Å². The molecule has 0 spiro atoms. The molecule has 0 aromatic rings. The Hall–Kier alpha value is -0.0151. The molecule has 0 fully saturated rings. The molecule has 0 unspecified atom stereocenters. The average molecular weight is 56.9 g/mol. The van der Waals surface area contributed by atoms with Crippen molar-refractivity contribution in [1.29, 1.82) is 0 Å². The van der Waals surface area contributed by atoms with Crippen LogP contribution in [0.15, 0.2) is 0 Å². The third-order valence-corrected chi connectivity index (χ3v) is 0.167. The van der Waals surface area contributed by atoms with E-state index >= 15 is 0 Å². The van der Waals surface area contributed by atoms with Crippen molar-refractivity contribution >= 4 is 7.41 Å².